The molecule has 3 rings (SSSR count). The summed E-state index contributed by atoms with van der Waals surface area (Å²) in [6.07, 6.45) is 5.64. The summed E-state index contributed by atoms with van der Waals surface area (Å²) in [5.74, 6) is -0.742. The molecule has 0 saturated heterocycles. The Morgan fingerprint density at radius 2 is 2.00 bits per heavy atom. The highest BCUT2D eigenvalue weighted by Gasteiger charge is 2.48. The highest BCUT2D eigenvalue weighted by molar-refractivity contribution is 9.10. The Morgan fingerprint density at radius 3 is 2.60 bits per heavy atom. The second-order valence-corrected chi connectivity index (χ2v) is 7.41. The summed E-state index contributed by atoms with van der Waals surface area (Å²) in [7, 11) is 1.44. The normalized spacial score (nSPS) is 25.7. The maximum atomic E-state index is 12.8. The van der Waals surface area contributed by atoms with E-state index in [0.29, 0.717) is 0 Å². The smallest absolute Gasteiger partial charge is 0.312 e. The first kappa shape index (κ1) is 17.7. The van der Waals surface area contributed by atoms with Crippen molar-refractivity contribution < 1.29 is 9.53 Å². The van der Waals surface area contributed by atoms with Crippen LogP contribution in [0.4, 0.5) is 0 Å². The van der Waals surface area contributed by atoms with Crippen LogP contribution in [0.25, 0.3) is 0 Å². The van der Waals surface area contributed by atoms with Crippen LogP contribution >= 0.6 is 15.9 Å². The molecule has 2 aromatic rings. The molecule has 25 heavy (non-hydrogen) atoms. The predicted octanol–water partition coefficient (Wildman–Crippen LogP) is 4.14. The number of hydrogen-bond donors (Lipinski definition) is 1. The fourth-order valence-corrected chi connectivity index (χ4v) is 3.92. The summed E-state index contributed by atoms with van der Waals surface area (Å²) in [5.41, 5.74) is 2.45. The van der Waals surface area contributed by atoms with Crippen LogP contribution in [0.5, 0.6) is 0 Å². The Morgan fingerprint density at radius 1 is 1.28 bits per heavy atom. The standard InChI is InChI=1S/C20H21BrN2O2/c1-13-11-17(14-6-8-16(21)9-7-14)18(19(24)25-3)20(2,23-13)15-5-4-10-22-12-15/h4-12,17-18,23H,1-3H3. The highest BCUT2D eigenvalue weighted by atomic mass is 79.9. The van der Waals surface area contributed by atoms with Crippen molar-refractivity contribution >= 4 is 21.9 Å². The van der Waals surface area contributed by atoms with E-state index in [0.717, 1.165) is 21.3 Å². The van der Waals surface area contributed by atoms with Crippen molar-refractivity contribution in [1.29, 1.82) is 0 Å². The lowest BCUT2D eigenvalue weighted by Gasteiger charge is -2.45. The summed E-state index contributed by atoms with van der Waals surface area (Å²) < 4.78 is 6.19. The summed E-state index contributed by atoms with van der Waals surface area (Å²) in [6.45, 7) is 4.06. The summed E-state index contributed by atoms with van der Waals surface area (Å²) in [5, 5.41) is 3.50. The molecule has 0 fully saturated rings. The van der Waals surface area contributed by atoms with E-state index in [-0.39, 0.29) is 11.9 Å². The molecule has 3 unspecified atom stereocenters. The van der Waals surface area contributed by atoms with Gasteiger partial charge < -0.3 is 10.1 Å². The number of pyridine rings is 1. The fraction of sp³-hybridized carbons (Fsp3) is 0.300. The molecule has 1 aromatic heterocycles. The lowest BCUT2D eigenvalue weighted by Crippen LogP contribution is -2.53. The zero-order chi connectivity index (χ0) is 18.0. The summed E-state index contributed by atoms with van der Waals surface area (Å²) in [6, 6.07) is 12.0. The number of benzene rings is 1. The Labute approximate surface area is 156 Å². The van der Waals surface area contributed by atoms with Crippen LogP contribution in [0.1, 0.15) is 30.9 Å². The van der Waals surface area contributed by atoms with Crippen molar-refractivity contribution in [3.63, 3.8) is 0 Å². The molecule has 0 spiro atoms. The molecule has 0 bridgehead atoms. The van der Waals surface area contributed by atoms with E-state index < -0.39 is 11.5 Å². The minimum Gasteiger partial charge on any atom is -0.469 e. The van der Waals surface area contributed by atoms with E-state index >= 15 is 0 Å². The molecule has 0 amide bonds. The van der Waals surface area contributed by atoms with Gasteiger partial charge in [0.15, 0.2) is 0 Å². The van der Waals surface area contributed by atoms with Crippen LogP contribution in [0.15, 0.2) is 65.0 Å². The second kappa shape index (κ2) is 7.00. The quantitative estimate of drug-likeness (QED) is 0.786. The Bertz CT molecular complexity index is 789. The number of halogens is 1. The number of ether oxygens (including phenoxy) is 1. The van der Waals surface area contributed by atoms with Gasteiger partial charge in [-0.15, -0.1) is 0 Å². The van der Waals surface area contributed by atoms with Crippen LogP contribution in [-0.2, 0) is 15.1 Å². The van der Waals surface area contributed by atoms with Crippen molar-refractivity contribution in [1.82, 2.24) is 10.3 Å². The predicted molar refractivity (Wildman–Crippen MR) is 101 cm³/mol. The molecule has 2 heterocycles. The second-order valence-electron chi connectivity index (χ2n) is 6.50. The summed E-state index contributed by atoms with van der Waals surface area (Å²) in [4.78, 5) is 17.0. The molecule has 5 heteroatoms. The molecule has 1 aliphatic heterocycles. The van der Waals surface area contributed by atoms with E-state index in [2.05, 4.69) is 32.3 Å². The van der Waals surface area contributed by atoms with Crippen molar-refractivity contribution in [3.05, 3.63) is 76.2 Å². The first-order valence-corrected chi connectivity index (χ1v) is 8.95. The lowest BCUT2D eigenvalue weighted by atomic mass is 9.68. The minimum absolute atomic E-state index is 0.0907. The Hall–Kier alpha value is -2.14. The molecular formula is C20H21BrN2O2. The van der Waals surface area contributed by atoms with Gasteiger partial charge in [0.05, 0.1) is 18.6 Å². The van der Waals surface area contributed by atoms with Gasteiger partial charge in [-0.05, 0) is 43.2 Å². The molecule has 1 aromatic carbocycles. The maximum Gasteiger partial charge on any atom is 0.312 e. The number of carbonyl (C=O) groups excluding carboxylic acids is 1. The van der Waals surface area contributed by atoms with Crippen LogP contribution < -0.4 is 5.32 Å². The van der Waals surface area contributed by atoms with Crippen LogP contribution in [0.3, 0.4) is 0 Å². The average molecular weight is 401 g/mol. The van der Waals surface area contributed by atoms with E-state index in [4.69, 9.17) is 4.74 Å². The fourth-order valence-electron chi connectivity index (χ4n) is 3.66. The van der Waals surface area contributed by atoms with E-state index in [1.54, 1.807) is 12.4 Å². The van der Waals surface area contributed by atoms with Gasteiger partial charge in [0.2, 0.25) is 0 Å². The number of carbonyl (C=O) groups is 1. The first-order chi connectivity index (χ1) is 12.0. The Balaban J connectivity index is 2.15. The monoisotopic (exact) mass is 400 g/mol. The number of nitrogens with one attached hydrogen (secondary N) is 1. The zero-order valence-corrected chi connectivity index (χ0v) is 16.1. The number of allylic oxidation sites excluding steroid dienone is 2. The van der Waals surface area contributed by atoms with E-state index in [1.807, 2.05) is 50.2 Å². The zero-order valence-electron chi connectivity index (χ0n) is 14.5. The number of nitrogens with zero attached hydrogens (tertiary/aromatic N) is 1. The van der Waals surface area contributed by atoms with E-state index in [9.17, 15) is 4.79 Å². The van der Waals surface area contributed by atoms with Gasteiger partial charge in [0.1, 0.15) is 0 Å². The SMILES string of the molecule is COC(=O)C1C(c2ccc(Br)cc2)C=C(C)NC1(C)c1cccnc1. The molecule has 0 saturated carbocycles. The van der Waals surface area contributed by atoms with E-state index in [1.165, 1.54) is 7.11 Å². The van der Waals surface area contributed by atoms with Gasteiger partial charge >= 0.3 is 5.97 Å². The molecule has 4 nitrogen and oxygen atoms in total. The number of esters is 1. The minimum atomic E-state index is -0.613. The van der Waals surface area contributed by atoms with Crippen molar-refractivity contribution in [2.24, 2.45) is 5.92 Å². The molecule has 0 radical (unpaired) electrons. The van der Waals surface area contributed by atoms with Gasteiger partial charge in [-0.3, -0.25) is 9.78 Å². The molecular weight excluding hydrogens is 380 g/mol. The van der Waals surface area contributed by atoms with Gasteiger partial charge in [0, 0.05) is 28.5 Å². The van der Waals surface area contributed by atoms with Crippen LogP contribution in [0, 0.1) is 5.92 Å². The van der Waals surface area contributed by atoms with Gasteiger partial charge in [0.25, 0.3) is 0 Å². The van der Waals surface area contributed by atoms with Crippen LogP contribution in [-0.4, -0.2) is 18.1 Å². The maximum absolute atomic E-state index is 12.8. The highest BCUT2D eigenvalue weighted by Crippen LogP contribution is 2.44. The molecule has 130 valence electrons. The summed E-state index contributed by atoms with van der Waals surface area (Å²) >= 11 is 3.47. The lowest BCUT2D eigenvalue weighted by molar-refractivity contribution is -0.149. The third-order valence-electron chi connectivity index (χ3n) is 4.84. The van der Waals surface area contributed by atoms with Gasteiger partial charge in [-0.25, -0.2) is 0 Å². The number of aromatic nitrogens is 1. The molecule has 1 aliphatic rings. The first-order valence-electron chi connectivity index (χ1n) is 8.16. The number of rotatable bonds is 3. The molecule has 1 N–H and O–H groups in total. The van der Waals surface area contributed by atoms with Crippen molar-refractivity contribution in [2.75, 3.05) is 7.11 Å². The average Bonchev–Trinajstić information content (AvgIpc) is 2.62. The van der Waals surface area contributed by atoms with Crippen molar-refractivity contribution in [2.45, 2.75) is 25.3 Å². The number of hydrogen-bond acceptors (Lipinski definition) is 4. The topological polar surface area (TPSA) is 51.2 Å². The van der Waals surface area contributed by atoms with Gasteiger partial charge in [-0.1, -0.05) is 40.2 Å². The third-order valence-corrected chi connectivity index (χ3v) is 5.37. The third kappa shape index (κ3) is 3.33. The van der Waals surface area contributed by atoms with Gasteiger partial charge in [-0.2, -0.15) is 0 Å². The largest absolute Gasteiger partial charge is 0.469 e. The molecule has 0 aliphatic carbocycles. The molecule has 3 atom stereocenters. The Kier molecular flexibility index (Phi) is 4.95. The van der Waals surface area contributed by atoms with Crippen molar-refractivity contribution in [3.8, 4) is 0 Å². The van der Waals surface area contributed by atoms with Crippen LogP contribution in [0.2, 0.25) is 0 Å². The number of methoxy groups -OCH3 is 1.